The number of aromatic hydroxyl groups is 1. The Kier molecular flexibility index (Phi) is 11.5. The summed E-state index contributed by atoms with van der Waals surface area (Å²) in [7, 11) is 3.23. The number of rotatable bonds is 9. The van der Waals surface area contributed by atoms with Crippen molar-refractivity contribution < 1.29 is 19.3 Å². The fourth-order valence-electron chi connectivity index (χ4n) is 3.00. The Hall–Kier alpha value is -1.26. The van der Waals surface area contributed by atoms with E-state index in [0.717, 1.165) is 44.2 Å². The van der Waals surface area contributed by atoms with Crippen LogP contribution in [0.3, 0.4) is 0 Å². The van der Waals surface area contributed by atoms with Crippen LogP contribution in [-0.2, 0) is 16.0 Å². The van der Waals surface area contributed by atoms with Crippen molar-refractivity contribution in [2.75, 3.05) is 53.7 Å². The molecule has 27 heavy (non-hydrogen) atoms. The van der Waals surface area contributed by atoms with Gasteiger partial charge < -0.3 is 29.5 Å². The van der Waals surface area contributed by atoms with E-state index in [1.165, 1.54) is 0 Å². The van der Waals surface area contributed by atoms with Crippen LogP contribution < -0.4 is 10.1 Å². The molecule has 7 nitrogen and oxygen atoms in total. The highest BCUT2D eigenvalue weighted by atomic mass is 127. The van der Waals surface area contributed by atoms with E-state index in [4.69, 9.17) is 19.2 Å². The fourth-order valence-corrected chi connectivity index (χ4v) is 3.00. The highest BCUT2D eigenvalue weighted by molar-refractivity contribution is 14.0. The van der Waals surface area contributed by atoms with E-state index >= 15 is 0 Å². The van der Waals surface area contributed by atoms with Crippen molar-refractivity contribution in [2.45, 2.75) is 19.9 Å². The third-order valence-electron chi connectivity index (χ3n) is 4.41. The Balaban J connectivity index is 0.00000364. The Bertz CT molecular complexity index is 586. The van der Waals surface area contributed by atoms with Gasteiger partial charge in [0.25, 0.3) is 0 Å². The van der Waals surface area contributed by atoms with E-state index in [9.17, 15) is 5.11 Å². The third kappa shape index (κ3) is 7.34. The molecule has 0 aromatic heterocycles. The van der Waals surface area contributed by atoms with Gasteiger partial charge >= 0.3 is 0 Å². The lowest BCUT2D eigenvalue weighted by Gasteiger charge is -2.22. The van der Waals surface area contributed by atoms with Gasteiger partial charge in [0, 0.05) is 38.2 Å². The van der Waals surface area contributed by atoms with Gasteiger partial charge in [0.15, 0.2) is 17.5 Å². The van der Waals surface area contributed by atoms with Crippen molar-refractivity contribution in [2.24, 2.45) is 10.9 Å². The zero-order valence-electron chi connectivity index (χ0n) is 16.4. The van der Waals surface area contributed by atoms with E-state index in [-0.39, 0.29) is 29.7 Å². The Morgan fingerprint density at radius 3 is 2.85 bits per heavy atom. The number of ether oxygens (including phenoxy) is 3. The van der Waals surface area contributed by atoms with Crippen LogP contribution in [0.15, 0.2) is 23.2 Å². The summed E-state index contributed by atoms with van der Waals surface area (Å²) in [6.07, 6.45) is 1.09. The van der Waals surface area contributed by atoms with Crippen LogP contribution in [0, 0.1) is 5.92 Å². The minimum absolute atomic E-state index is 0. The predicted octanol–water partition coefficient (Wildman–Crippen LogP) is 2.47. The third-order valence-corrected chi connectivity index (χ3v) is 4.41. The highest BCUT2D eigenvalue weighted by Gasteiger charge is 2.25. The van der Waals surface area contributed by atoms with Gasteiger partial charge in [-0.15, -0.1) is 24.0 Å². The first-order chi connectivity index (χ1) is 12.7. The summed E-state index contributed by atoms with van der Waals surface area (Å²) in [6.45, 7) is 7.14. The molecule has 2 N–H and O–H groups in total. The maximum absolute atomic E-state index is 10.2. The lowest BCUT2D eigenvalue weighted by Crippen LogP contribution is -2.40. The number of benzene rings is 1. The minimum atomic E-state index is 0. The van der Waals surface area contributed by atoms with Crippen molar-refractivity contribution in [3.63, 3.8) is 0 Å². The van der Waals surface area contributed by atoms with Crippen molar-refractivity contribution >= 4 is 29.9 Å². The molecule has 0 saturated carbocycles. The zero-order chi connectivity index (χ0) is 18.8. The molecule has 0 radical (unpaired) electrons. The molecule has 0 amide bonds. The van der Waals surface area contributed by atoms with Crippen LogP contribution in [-0.4, -0.2) is 69.6 Å². The van der Waals surface area contributed by atoms with Crippen LogP contribution in [0.4, 0.5) is 0 Å². The SMILES string of the molecule is CCNC(=NCc1cccc(OC)c1O)N1CCC(COCCOC)C1.I. The molecular weight excluding hydrogens is 461 g/mol. The molecule has 8 heteroatoms. The molecule has 1 unspecified atom stereocenters. The number of guanidine groups is 1. The monoisotopic (exact) mass is 493 g/mol. The number of likely N-dealkylation sites (tertiary alicyclic amines) is 1. The second kappa shape index (κ2) is 13.0. The van der Waals surface area contributed by atoms with Crippen molar-refractivity contribution in [3.05, 3.63) is 23.8 Å². The Morgan fingerprint density at radius 1 is 1.33 bits per heavy atom. The molecule has 0 aliphatic carbocycles. The highest BCUT2D eigenvalue weighted by Crippen LogP contribution is 2.29. The number of nitrogens with one attached hydrogen (secondary N) is 1. The van der Waals surface area contributed by atoms with Crippen molar-refractivity contribution in [3.8, 4) is 11.5 Å². The van der Waals surface area contributed by atoms with Gasteiger partial charge in [-0.05, 0) is 19.4 Å². The summed E-state index contributed by atoms with van der Waals surface area (Å²) in [6, 6.07) is 5.46. The normalized spacial score (nSPS) is 16.9. The van der Waals surface area contributed by atoms with Gasteiger partial charge in [-0.2, -0.15) is 0 Å². The summed E-state index contributed by atoms with van der Waals surface area (Å²) in [5, 5.41) is 13.6. The quantitative estimate of drug-likeness (QED) is 0.238. The molecule has 0 bridgehead atoms. The topological polar surface area (TPSA) is 75.6 Å². The summed E-state index contributed by atoms with van der Waals surface area (Å²) >= 11 is 0. The van der Waals surface area contributed by atoms with Gasteiger partial charge in [0.1, 0.15) is 0 Å². The number of methoxy groups -OCH3 is 2. The maximum Gasteiger partial charge on any atom is 0.194 e. The summed E-state index contributed by atoms with van der Waals surface area (Å²) in [4.78, 5) is 6.96. The van der Waals surface area contributed by atoms with Crippen LogP contribution >= 0.6 is 24.0 Å². The molecule has 1 aliphatic rings. The second-order valence-electron chi connectivity index (χ2n) is 6.31. The maximum atomic E-state index is 10.2. The van der Waals surface area contributed by atoms with E-state index < -0.39 is 0 Å². The van der Waals surface area contributed by atoms with Crippen LogP contribution in [0.5, 0.6) is 11.5 Å². The molecule has 1 saturated heterocycles. The van der Waals surface area contributed by atoms with E-state index in [1.807, 2.05) is 12.1 Å². The fraction of sp³-hybridized carbons (Fsp3) is 0.632. The molecule has 1 heterocycles. The first-order valence-electron chi connectivity index (χ1n) is 9.14. The van der Waals surface area contributed by atoms with E-state index in [2.05, 4.69) is 17.1 Å². The zero-order valence-corrected chi connectivity index (χ0v) is 18.8. The molecule has 0 spiro atoms. The average Bonchev–Trinajstić information content (AvgIpc) is 3.12. The molecule has 154 valence electrons. The summed E-state index contributed by atoms with van der Waals surface area (Å²) in [5.74, 6) is 1.99. The molecule has 2 rings (SSSR count). The average molecular weight is 493 g/mol. The molecule has 1 aromatic carbocycles. The molecular formula is C19H32IN3O4. The first kappa shape index (κ1) is 23.8. The van der Waals surface area contributed by atoms with Crippen molar-refractivity contribution in [1.29, 1.82) is 0 Å². The van der Waals surface area contributed by atoms with Crippen LogP contribution in [0.2, 0.25) is 0 Å². The van der Waals surface area contributed by atoms with Gasteiger partial charge in [-0.25, -0.2) is 4.99 Å². The second-order valence-corrected chi connectivity index (χ2v) is 6.31. The van der Waals surface area contributed by atoms with Gasteiger partial charge in [0.2, 0.25) is 0 Å². The number of hydrogen-bond donors (Lipinski definition) is 2. The molecule has 1 aliphatic heterocycles. The lowest BCUT2D eigenvalue weighted by atomic mass is 10.1. The molecule has 1 fully saturated rings. The van der Waals surface area contributed by atoms with Crippen molar-refractivity contribution in [1.82, 2.24) is 10.2 Å². The number of halogens is 1. The number of nitrogens with zero attached hydrogens (tertiary/aromatic N) is 2. The van der Waals surface area contributed by atoms with Gasteiger partial charge in [-0.3, -0.25) is 0 Å². The number of phenolic OH excluding ortho intramolecular Hbond substituents is 1. The molecule has 1 aromatic rings. The van der Waals surface area contributed by atoms with E-state index in [0.29, 0.717) is 31.4 Å². The minimum Gasteiger partial charge on any atom is -0.504 e. The lowest BCUT2D eigenvalue weighted by molar-refractivity contribution is 0.0536. The predicted molar refractivity (Wildman–Crippen MR) is 117 cm³/mol. The van der Waals surface area contributed by atoms with Gasteiger partial charge in [-0.1, -0.05) is 12.1 Å². The Morgan fingerprint density at radius 2 is 2.15 bits per heavy atom. The number of phenols is 1. The standard InChI is InChI=1S/C19H31N3O4.HI/c1-4-20-19(21-12-16-6-5-7-17(25-3)18(16)23)22-9-8-15(13-22)14-26-11-10-24-2;/h5-7,15,23H,4,8-14H2,1-3H3,(H,20,21);1H. The number of aliphatic imine (C=N–C) groups is 1. The van der Waals surface area contributed by atoms with Crippen LogP contribution in [0.25, 0.3) is 0 Å². The largest absolute Gasteiger partial charge is 0.504 e. The number of para-hydroxylation sites is 1. The molecule has 1 atom stereocenters. The number of hydrogen-bond acceptors (Lipinski definition) is 5. The summed E-state index contributed by atoms with van der Waals surface area (Å²) < 4.78 is 15.8. The first-order valence-corrected chi connectivity index (χ1v) is 9.14. The Labute approximate surface area is 179 Å². The van der Waals surface area contributed by atoms with E-state index in [1.54, 1.807) is 20.3 Å². The summed E-state index contributed by atoms with van der Waals surface area (Å²) in [5.41, 5.74) is 0.749. The van der Waals surface area contributed by atoms with Crippen LogP contribution in [0.1, 0.15) is 18.9 Å². The van der Waals surface area contributed by atoms with Gasteiger partial charge in [0.05, 0.1) is 33.5 Å². The smallest absolute Gasteiger partial charge is 0.194 e.